The summed E-state index contributed by atoms with van der Waals surface area (Å²) in [4.78, 5) is 18.0. The van der Waals surface area contributed by atoms with Crippen molar-refractivity contribution in [1.82, 2.24) is 4.98 Å². The van der Waals surface area contributed by atoms with Crippen LogP contribution in [0.3, 0.4) is 0 Å². The fraction of sp³-hybridized carbons (Fsp3) is 0.667. The van der Waals surface area contributed by atoms with E-state index in [1.165, 1.54) is 18.4 Å². The molecule has 0 spiro atoms. The molecule has 0 aromatic carbocycles. The molecule has 7 heteroatoms. The topological polar surface area (TPSA) is 71.9 Å². The maximum atomic E-state index is 11.2. The quantitative estimate of drug-likeness (QED) is 0.886. The van der Waals surface area contributed by atoms with Crippen molar-refractivity contribution >= 4 is 22.4 Å². The number of hydrogen-bond donors (Lipinski definition) is 1. The molecule has 6 nitrogen and oxygen atoms in total. The van der Waals surface area contributed by atoms with Gasteiger partial charge in [0.2, 0.25) is 0 Å². The number of carboxylic acids is 1. The van der Waals surface area contributed by atoms with E-state index in [0.29, 0.717) is 18.9 Å². The molecule has 0 amide bonds. The van der Waals surface area contributed by atoms with Gasteiger partial charge in [-0.2, -0.15) is 0 Å². The standard InChI is InChI=1S/C12H18N2O4S/c1-3-8-6-18-5-4-14(8)12-13-9(7-17-2)10(19-12)11(15)16/h8H,3-7H2,1-2H3,(H,15,16). The van der Waals surface area contributed by atoms with Crippen LogP contribution >= 0.6 is 11.3 Å². The highest BCUT2D eigenvalue weighted by atomic mass is 32.1. The zero-order valence-corrected chi connectivity index (χ0v) is 11.9. The number of morpholine rings is 1. The van der Waals surface area contributed by atoms with E-state index in [2.05, 4.69) is 16.8 Å². The van der Waals surface area contributed by atoms with Crippen LogP contribution in [-0.4, -0.2) is 49.0 Å². The predicted octanol–water partition coefficient (Wildman–Crippen LogP) is 1.60. The minimum Gasteiger partial charge on any atom is -0.477 e. The van der Waals surface area contributed by atoms with Gasteiger partial charge in [-0.3, -0.25) is 0 Å². The lowest BCUT2D eigenvalue weighted by Crippen LogP contribution is -2.45. The minimum atomic E-state index is -0.947. The molecule has 1 aromatic rings. The number of thiazole rings is 1. The van der Waals surface area contributed by atoms with Crippen molar-refractivity contribution in [2.24, 2.45) is 0 Å². The lowest BCUT2D eigenvalue weighted by molar-refractivity contribution is 0.0697. The summed E-state index contributed by atoms with van der Waals surface area (Å²) >= 11 is 1.21. The predicted molar refractivity (Wildman–Crippen MR) is 72.0 cm³/mol. The van der Waals surface area contributed by atoms with E-state index in [1.807, 2.05) is 0 Å². The average molecular weight is 286 g/mol. The first-order valence-corrected chi connectivity index (χ1v) is 7.05. The minimum absolute atomic E-state index is 0.221. The summed E-state index contributed by atoms with van der Waals surface area (Å²) in [5.74, 6) is -0.947. The Morgan fingerprint density at radius 1 is 1.68 bits per heavy atom. The number of carbonyl (C=O) groups is 1. The molecule has 0 radical (unpaired) electrons. The van der Waals surface area contributed by atoms with Gasteiger partial charge >= 0.3 is 5.97 Å². The SMILES string of the molecule is CCC1COCCN1c1nc(COC)c(C(=O)O)s1. The number of ether oxygens (including phenoxy) is 2. The molecule has 1 unspecified atom stereocenters. The molecule has 2 heterocycles. The Kier molecular flexibility index (Phi) is 4.73. The van der Waals surface area contributed by atoms with Gasteiger partial charge in [0.25, 0.3) is 0 Å². The van der Waals surface area contributed by atoms with Crippen LogP contribution < -0.4 is 4.90 Å². The summed E-state index contributed by atoms with van der Waals surface area (Å²) in [7, 11) is 1.54. The molecule has 106 valence electrons. The van der Waals surface area contributed by atoms with Crippen LogP contribution in [0.4, 0.5) is 5.13 Å². The van der Waals surface area contributed by atoms with Gasteiger partial charge in [-0.05, 0) is 6.42 Å². The normalized spacial score (nSPS) is 19.7. The van der Waals surface area contributed by atoms with Gasteiger partial charge in [0.05, 0.1) is 31.6 Å². The molecule has 1 aromatic heterocycles. The van der Waals surface area contributed by atoms with Gasteiger partial charge in [-0.15, -0.1) is 0 Å². The lowest BCUT2D eigenvalue weighted by atomic mass is 10.2. The Morgan fingerprint density at radius 2 is 2.47 bits per heavy atom. The molecule has 0 aliphatic carbocycles. The number of carboxylic acid groups (broad SMARTS) is 1. The Labute approximate surface area is 116 Å². The number of aromatic carboxylic acids is 1. The molecule has 1 fully saturated rings. The van der Waals surface area contributed by atoms with Crippen molar-refractivity contribution in [2.75, 3.05) is 31.8 Å². The summed E-state index contributed by atoms with van der Waals surface area (Å²) in [5.41, 5.74) is 0.497. The van der Waals surface area contributed by atoms with E-state index in [0.717, 1.165) is 18.1 Å². The second-order valence-electron chi connectivity index (χ2n) is 4.34. The van der Waals surface area contributed by atoms with Crippen LogP contribution in [-0.2, 0) is 16.1 Å². The zero-order valence-electron chi connectivity index (χ0n) is 11.1. The third kappa shape index (κ3) is 3.05. The van der Waals surface area contributed by atoms with Crippen LogP contribution in [0.2, 0.25) is 0 Å². The van der Waals surface area contributed by atoms with Gasteiger partial charge in [0, 0.05) is 13.7 Å². The monoisotopic (exact) mass is 286 g/mol. The number of anilines is 1. The third-order valence-corrected chi connectivity index (χ3v) is 4.23. The fourth-order valence-corrected chi connectivity index (χ4v) is 3.11. The fourth-order valence-electron chi connectivity index (χ4n) is 2.11. The number of methoxy groups -OCH3 is 1. The lowest BCUT2D eigenvalue weighted by Gasteiger charge is -2.34. The van der Waals surface area contributed by atoms with E-state index in [9.17, 15) is 9.90 Å². The van der Waals surface area contributed by atoms with Gasteiger partial charge in [0.15, 0.2) is 5.13 Å². The van der Waals surface area contributed by atoms with E-state index in [4.69, 9.17) is 9.47 Å². The Hall–Kier alpha value is -1.18. The van der Waals surface area contributed by atoms with Crippen molar-refractivity contribution in [1.29, 1.82) is 0 Å². The summed E-state index contributed by atoms with van der Waals surface area (Å²) in [6.07, 6.45) is 0.946. The van der Waals surface area contributed by atoms with E-state index in [-0.39, 0.29) is 17.5 Å². The third-order valence-electron chi connectivity index (χ3n) is 3.11. The van der Waals surface area contributed by atoms with E-state index >= 15 is 0 Å². The Balaban J connectivity index is 2.28. The molecule has 0 bridgehead atoms. The number of rotatable bonds is 5. The second-order valence-corrected chi connectivity index (χ2v) is 5.32. The van der Waals surface area contributed by atoms with Crippen molar-refractivity contribution in [3.8, 4) is 0 Å². The van der Waals surface area contributed by atoms with Crippen LogP contribution in [0, 0.1) is 0 Å². The Bertz CT molecular complexity index is 449. The highest BCUT2D eigenvalue weighted by Gasteiger charge is 2.27. The highest BCUT2D eigenvalue weighted by molar-refractivity contribution is 7.17. The average Bonchev–Trinajstić information content (AvgIpc) is 2.83. The van der Waals surface area contributed by atoms with Crippen molar-refractivity contribution < 1.29 is 19.4 Å². The number of aromatic nitrogens is 1. The molecule has 1 aliphatic rings. The maximum absolute atomic E-state index is 11.2. The van der Waals surface area contributed by atoms with E-state index < -0.39 is 5.97 Å². The van der Waals surface area contributed by atoms with E-state index in [1.54, 1.807) is 0 Å². The van der Waals surface area contributed by atoms with Gasteiger partial charge in [-0.25, -0.2) is 9.78 Å². The largest absolute Gasteiger partial charge is 0.477 e. The van der Waals surface area contributed by atoms with Crippen LogP contribution in [0.5, 0.6) is 0 Å². The van der Waals surface area contributed by atoms with Crippen LogP contribution in [0.15, 0.2) is 0 Å². The number of nitrogens with zero attached hydrogens (tertiary/aromatic N) is 2. The summed E-state index contributed by atoms with van der Waals surface area (Å²) in [6.45, 7) is 4.38. The van der Waals surface area contributed by atoms with Gasteiger partial charge in [0.1, 0.15) is 4.88 Å². The van der Waals surface area contributed by atoms with Gasteiger partial charge in [-0.1, -0.05) is 18.3 Å². The molecule has 2 rings (SSSR count). The summed E-state index contributed by atoms with van der Waals surface area (Å²) in [6, 6.07) is 0.261. The molecule has 0 saturated carbocycles. The first-order valence-electron chi connectivity index (χ1n) is 6.23. The molecule has 1 aliphatic heterocycles. The van der Waals surface area contributed by atoms with Crippen molar-refractivity contribution in [3.63, 3.8) is 0 Å². The second kappa shape index (κ2) is 6.31. The summed E-state index contributed by atoms with van der Waals surface area (Å²) < 4.78 is 10.5. The summed E-state index contributed by atoms with van der Waals surface area (Å²) in [5, 5.41) is 9.95. The van der Waals surface area contributed by atoms with Crippen LogP contribution in [0.1, 0.15) is 28.7 Å². The Morgan fingerprint density at radius 3 is 3.11 bits per heavy atom. The molecule has 1 atom stereocenters. The smallest absolute Gasteiger partial charge is 0.347 e. The van der Waals surface area contributed by atoms with Crippen molar-refractivity contribution in [2.45, 2.75) is 26.0 Å². The maximum Gasteiger partial charge on any atom is 0.347 e. The molecular weight excluding hydrogens is 268 g/mol. The first-order chi connectivity index (χ1) is 9.17. The number of hydrogen-bond acceptors (Lipinski definition) is 6. The molecular formula is C12H18N2O4S. The van der Waals surface area contributed by atoms with Crippen LogP contribution in [0.25, 0.3) is 0 Å². The molecule has 19 heavy (non-hydrogen) atoms. The highest BCUT2D eigenvalue weighted by Crippen LogP contribution is 2.30. The van der Waals surface area contributed by atoms with Crippen molar-refractivity contribution in [3.05, 3.63) is 10.6 Å². The zero-order chi connectivity index (χ0) is 13.8. The van der Waals surface area contributed by atoms with Gasteiger partial charge < -0.3 is 19.5 Å². The molecule has 1 N–H and O–H groups in total. The first kappa shape index (κ1) is 14.2. The molecule has 1 saturated heterocycles.